The van der Waals surface area contributed by atoms with Crippen molar-refractivity contribution in [2.24, 2.45) is 0 Å². The number of esters is 1. The van der Waals surface area contributed by atoms with E-state index in [4.69, 9.17) is 4.74 Å². The van der Waals surface area contributed by atoms with E-state index in [1.165, 1.54) is 7.11 Å². The summed E-state index contributed by atoms with van der Waals surface area (Å²) in [5.74, 6) is -0.636. The molecule has 0 saturated heterocycles. The number of urea groups is 1. The molecule has 0 aliphatic heterocycles. The molecule has 1 fully saturated rings. The van der Waals surface area contributed by atoms with Crippen LogP contribution in [0.5, 0.6) is 0 Å². The first kappa shape index (κ1) is 19.4. The smallest absolute Gasteiger partial charge is 0.339 e. The lowest BCUT2D eigenvalue weighted by Crippen LogP contribution is -2.32. The molecule has 0 aromatic heterocycles. The summed E-state index contributed by atoms with van der Waals surface area (Å²) in [6.07, 6.45) is 4.36. The van der Waals surface area contributed by atoms with E-state index in [2.05, 4.69) is 16.0 Å². The Hall–Kier alpha value is -3.35. The monoisotopic (exact) mass is 381 g/mol. The maximum Gasteiger partial charge on any atom is 0.339 e. The highest BCUT2D eigenvalue weighted by molar-refractivity contribution is 6.05. The molecule has 0 spiro atoms. The minimum absolute atomic E-state index is 0.102. The van der Waals surface area contributed by atoms with Crippen molar-refractivity contribution in [3.63, 3.8) is 0 Å². The van der Waals surface area contributed by atoms with Crippen molar-refractivity contribution in [3.05, 3.63) is 59.7 Å². The number of rotatable bonds is 5. The van der Waals surface area contributed by atoms with Gasteiger partial charge in [-0.05, 0) is 49.2 Å². The average Bonchev–Trinajstić information content (AvgIpc) is 3.21. The van der Waals surface area contributed by atoms with Gasteiger partial charge in [0.2, 0.25) is 0 Å². The topological polar surface area (TPSA) is 96.5 Å². The summed E-state index contributed by atoms with van der Waals surface area (Å²) >= 11 is 0. The second kappa shape index (κ2) is 9.03. The van der Waals surface area contributed by atoms with Gasteiger partial charge in [0, 0.05) is 17.3 Å². The molecule has 2 aromatic rings. The zero-order chi connectivity index (χ0) is 19.9. The number of methoxy groups -OCH3 is 1. The van der Waals surface area contributed by atoms with E-state index in [0.29, 0.717) is 16.9 Å². The normalized spacial score (nSPS) is 13.6. The molecule has 28 heavy (non-hydrogen) atoms. The molecular weight excluding hydrogens is 358 g/mol. The molecule has 0 atom stereocenters. The Labute approximate surface area is 163 Å². The van der Waals surface area contributed by atoms with Crippen molar-refractivity contribution < 1.29 is 19.1 Å². The molecule has 0 bridgehead atoms. The second-order valence-corrected chi connectivity index (χ2v) is 6.65. The average molecular weight is 381 g/mol. The lowest BCUT2D eigenvalue weighted by Gasteiger charge is -2.13. The summed E-state index contributed by atoms with van der Waals surface area (Å²) in [5, 5.41) is 8.34. The number of benzene rings is 2. The van der Waals surface area contributed by atoms with Gasteiger partial charge in [-0.2, -0.15) is 0 Å². The third kappa shape index (κ3) is 4.88. The van der Waals surface area contributed by atoms with Gasteiger partial charge in [-0.15, -0.1) is 0 Å². The van der Waals surface area contributed by atoms with Crippen LogP contribution in [0.3, 0.4) is 0 Å². The van der Waals surface area contributed by atoms with Crippen LogP contribution < -0.4 is 16.0 Å². The fraction of sp³-hybridized carbons (Fsp3) is 0.286. The predicted octanol–water partition coefficient (Wildman–Crippen LogP) is 3.79. The Morgan fingerprint density at radius 1 is 0.929 bits per heavy atom. The van der Waals surface area contributed by atoms with Crippen molar-refractivity contribution in [2.75, 3.05) is 17.7 Å². The van der Waals surface area contributed by atoms with Crippen molar-refractivity contribution in [1.82, 2.24) is 5.32 Å². The lowest BCUT2D eigenvalue weighted by atomic mass is 10.1. The summed E-state index contributed by atoms with van der Waals surface area (Å²) in [6, 6.07) is 13.0. The molecule has 3 N–H and O–H groups in total. The number of hydrogen-bond acceptors (Lipinski definition) is 4. The highest BCUT2D eigenvalue weighted by Crippen LogP contribution is 2.19. The van der Waals surface area contributed by atoms with Crippen LogP contribution in [0.25, 0.3) is 0 Å². The van der Waals surface area contributed by atoms with E-state index < -0.39 is 12.0 Å². The van der Waals surface area contributed by atoms with Crippen LogP contribution in [0, 0.1) is 0 Å². The van der Waals surface area contributed by atoms with Crippen molar-refractivity contribution >= 4 is 29.3 Å². The molecular formula is C21H23N3O4. The van der Waals surface area contributed by atoms with E-state index in [9.17, 15) is 14.4 Å². The fourth-order valence-electron chi connectivity index (χ4n) is 3.21. The predicted molar refractivity (Wildman–Crippen MR) is 107 cm³/mol. The maximum absolute atomic E-state index is 12.3. The SMILES string of the molecule is COC(=O)c1ccccc1NC(=O)Nc1ccc(C(=O)NC2CCCC2)cc1. The van der Waals surface area contributed by atoms with Gasteiger partial charge in [0.15, 0.2) is 0 Å². The van der Waals surface area contributed by atoms with Crippen molar-refractivity contribution in [3.8, 4) is 0 Å². The molecule has 0 radical (unpaired) electrons. The number of carbonyl (C=O) groups is 3. The number of para-hydroxylation sites is 1. The van der Waals surface area contributed by atoms with E-state index in [1.54, 1.807) is 48.5 Å². The first-order valence-electron chi connectivity index (χ1n) is 9.23. The summed E-state index contributed by atoms with van der Waals surface area (Å²) < 4.78 is 4.71. The van der Waals surface area contributed by atoms with Crippen molar-refractivity contribution in [1.29, 1.82) is 0 Å². The minimum Gasteiger partial charge on any atom is -0.465 e. The highest BCUT2D eigenvalue weighted by atomic mass is 16.5. The highest BCUT2D eigenvalue weighted by Gasteiger charge is 2.18. The number of anilines is 2. The molecule has 2 aromatic carbocycles. The van der Waals surface area contributed by atoms with E-state index >= 15 is 0 Å². The van der Waals surface area contributed by atoms with Crippen LogP contribution in [0.4, 0.5) is 16.2 Å². The first-order valence-corrected chi connectivity index (χ1v) is 9.23. The lowest BCUT2D eigenvalue weighted by molar-refractivity contribution is 0.0601. The van der Waals surface area contributed by atoms with Gasteiger partial charge in [0.05, 0.1) is 18.4 Å². The molecule has 1 aliphatic rings. The number of amides is 3. The van der Waals surface area contributed by atoms with Gasteiger partial charge >= 0.3 is 12.0 Å². The molecule has 0 unspecified atom stereocenters. The van der Waals surface area contributed by atoms with Crippen LogP contribution in [-0.4, -0.2) is 31.1 Å². The van der Waals surface area contributed by atoms with Gasteiger partial charge in [-0.1, -0.05) is 25.0 Å². The van der Waals surface area contributed by atoms with Gasteiger partial charge < -0.3 is 20.7 Å². The molecule has 146 valence electrons. The maximum atomic E-state index is 12.3. The second-order valence-electron chi connectivity index (χ2n) is 6.65. The molecule has 7 heteroatoms. The Morgan fingerprint density at radius 2 is 1.61 bits per heavy atom. The molecule has 0 heterocycles. The Kier molecular flexibility index (Phi) is 6.26. The van der Waals surface area contributed by atoms with Gasteiger partial charge in [-0.3, -0.25) is 4.79 Å². The van der Waals surface area contributed by atoms with E-state index in [0.717, 1.165) is 25.7 Å². The van der Waals surface area contributed by atoms with Crippen molar-refractivity contribution in [2.45, 2.75) is 31.7 Å². The van der Waals surface area contributed by atoms with Crippen LogP contribution >= 0.6 is 0 Å². The number of carbonyl (C=O) groups excluding carboxylic acids is 3. The Balaban J connectivity index is 1.59. The Bertz CT molecular complexity index is 858. The largest absolute Gasteiger partial charge is 0.465 e. The standard InChI is InChI=1S/C21H23N3O4/c1-28-20(26)17-8-4-5-9-18(17)24-21(27)23-16-12-10-14(11-13-16)19(25)22-15-6-2-3-7-15/h4-5,8-13,15H,2-3,6-7H2,1H3,(H,22,25)(H2,23,24,27). The van der Waals surface area contributed by atoms with E-state index in [1.807, 2.05) is 0 Å². The molecule has 1 aliphatic carbocycles. The summed E-state index contributed by atoms with van der Waals surface area (Å²) in [5.41, 5.74) is 1.69. The van der Waals surface area contributed by atoms with Crippen LogP contribution in [0.2, 0.25) is 0 Å². The third-order valence-corrected chi connectivity index (χ3v) is 4.68. The zero-order valence-corrected chi connectivity index (χ0v) is 15.7. The minimum atomic E-state index is -0.534. The first-order chi connectivity index (χ1) is 13.6. The molecule has 7 nitrogen and oxygen atoms in total. The van der Waals surface area contributed by atoms with E-state index in [-0.39, 0.29) is 17.5 Å². The number of ether oxygens (including phenoxy) is 1. The third-order valence-electron chi connectivity index (χ3n) is 4.68. The Morgan fingerprint density at radius 3 is 2.29 bits per heavy atom. The fourth-order valence-corrected chi connectivity index (χ4v) is 3.21. The number of hydrogen-bond donors (Lipinski definition) is 3. The quantitative estimate of drug-likeness (QED) is 0.687. The molecule has 1 saturated carbocycles. The summed E-state index contributed by atoms with van der Waals surface area (Å²) in [4.78, 5) is 36.3. The molecule has 3 rings (SSSR count). The van der Waals surface area contributed by atoms with Gasteiger partial charge in [-0.25, -0.2) is 9.59 Å². The van der Waals surface area contributed by atoms with Gasteiger partial charge in [0.1, 0.15) is 0 Å². The summed E-state index contributed by atoms with van der Waals surface area (Å²) in [7, 11) is 1.28. The van der Waals surface area contributed by atoms with Crippen LogP contribution in [0.1, 0.15) is 46.4 Å². The molecule has 3 amide bonds. The van der Waals surface area contributed by atoms with Gasteiger partial charge in [0.25, 0.3) is 5.91 Å². The summed E-state index contributed by atoms with van der Waals surface area (Å²) in [6.45, 7) is 0. The number of nitrogens with one attached hydrogen (secondary N) is 3. The zero-order valence-electron chi connectivity index (χ0n) is 15.7. The van der Waals surface area contributed by atoms with Crippen LogP contribution in [0.15, 0.2) is 48.5 Å². The van der Waals surface area contributed by atoms with Crippen LogP contribution in [-0.2, 0) is 4.74 Å².